The van der Waals surface area contributed by atoms with E-state index in [0.29, 0.717) is 0 Å². The van der Waals surface area contributed by atoms with Gasteiger partial charge < -0.3 is 21.3 Å². The third-order valence-corrected chi connectivity index (χ3v) is 8.40. The highest BCUT2D eigenvalue weighted by Crippen LogP contribution is 2.17. The summed E-state index contributed by atoms with van der Waals surface area (Å²) in [5.41, 5.74) is 0.803. The number of unbranched alkanes of at least 4 members (excludes halogenated alkanes) is 14. The van der Waals surface area contributed by atoms with Crippen LogP contribution in [0.3, 0.4) is 0 Å². The van der Waals surface area contributed by atoms with E-state index in [0.717, 1.165) is 5.67 Å². The van der Waals surface area contributed by atoms with Crippen molar-refractivity contribution in [2.75, 3.05) is 27.7 Å². The highest BCUT2D eigenvalue weighted by atomic mass is 35.5. The summed E-state index contributed by atoms with van der Waals surface area (Å²) in [4.78, 5) is 0. The molecule has 1 unspecified atom stereocenters. The lowest BCUT2D eigenvalue weighted by atomic mass is 10.0. The SMILES string of the molecule is CCCCCCCCCCCCCCCCCC([SiH2]OC)[N+](C)(C)CCC.[Cl-]. The summed E-state index contributed by atoms with van der Waals surface area (Å²) in [6.07, 6.45) is 24.4. The smallest absolute Gasteiger partial charge is 0.224 e. The second-order valence-corrected chi connectivity index (χ2v) is 11.2. The van der Waals surface area contributed by atoms with E-state index in [-0.39, 0.29) is 22.2 Å². The fourth-order valence-corrected chi connectivity index (χ4v) is 5.76. The molecule has 0 heterocycles. The van der Waals surface area contributed by atoms with Crippen molar-refractivity contribution in [3.05, 3.63) is 0 Å². The molecule has 0 aliphatic heterocycles. The fourth-order valence-electron chi connectivity index (χ4n) is 4.34. The van der Waals surface area contributed by atoms with Crippen LogP contribution in [0.2, 0.25) is 0 Å². The van der Waals surface area contributed by atoms with E-state index in [1.54, 1.807) is 0 Å². The van der Waals surface area contributed by atoms with Crippen molar-refractivity contribution >= 4 is 9.76 Å². The molecule has 0 bridgehead atoms. The van der Waals surface area contributed by atoms with Gasteiger partial charge in [0, 0.05) is 7.11 Å². The van der Waals surface area contributed by atoms with E-state index in [2.05, 4.69) is 27.9 Å². The normalized spacial score (nSPS) is 13.2. The molecule has 0 aliphatic carbocycles. The molecule has 0 saturated heterocycles. The minimum Gasteiger partial charge on any atom is -1.00 e. The first kappa shape index (κ1) is 30.6. The Morgan fingerprint density at radius 3 is 1.39 bits per heavy atom. The lowest BCUT2D eigenvalue weighted by Crippen LogP contribution is -3.00. The van der Waals surface area contributed by atoms with Gasteiger partial charge in [-0.05, 0) is 19.3 Å². The van der Waals surface area contributed by atoms with Gasteiger partial charge in [-0.3, -0.25) is 0 Å². The molecule has 0 rings (SSSR count). The molecule has 4 heteroatoms. The highest BCUT2D eigenvalue weighted by molar-refractivity contribution is 6.28. The molecular weight excluding hydrogens is 382 g/mol. The molecule has 0 N–H and O–H groups in total. The third-order valence-electron chi connectivity index (χ3n) is 6.29. The maximum atomic E-state index is 5.63. The van der Waals surface area contributed by atoms with Crippen molar-refractivity contribution in [3.63, 3.8) is 0 Å². The van der Waals surface area contributed by atoms with Gasteiger partial charge >= 0.3 is 0 Å². The molecule has 172 valence electrons. The Balaban J connectivity index is 0. The first-order chi connectivity index (χ1) is 13.1. The van der Waals surface area contributed by atoms with Crippen LogP contribution in [0.5, 0.6) is 0 Å². The summed E-state index contributed by atoms with van der Waals surface area (Å²) in [5, 5.41) is 0. The summed E-state index contributed by atoms with van der Waals surface area (Å²) in [7, 11) is 6.35. The van der Waals surface area contributed by atoms with E-state index in [9.17, 15) is 0 Å². The quantitative estimate of drug-likeness (QED) is 0.151. The summed E-state index contributed by atoms with van der Waals surface area (Å²) in [6.45, 7) is 5.89. The minimum atomic E-state index is -0.381. The Morgan fingerprint density at radius 2 is 1.04 bits per heavy atom. The van der Waals surface area contributed by atoms with Crippen LogP contribution in [-0.2, 0) is 4.43 Å². The number of rotatable bonds is 21. The van der Waals surface area contributed by atoms with Crippen LogP contribution in [0.15, 0.2) is 0 Å². The fraction of sp³-hybridized carbons (Fsp3) is 1.00. The van der Waals surface area contributed by atoms with Crippen LogP contribution in [0, 0.1) is 0 Å². The molecule has 0 spiro atoms. The Hall–Kier alpha value is 0.427. The molecule has 0 fully saturated rings. The molecule has 0 saturated carbocycles. The van der Waals surface area contributed by atoms with Crippen LogP contribution < -0.4 is 12.4 Å². The summed E-state index contributed by atoms with van der Waals surface area (Å²) < 4.78 is 6.81. The van der Waals surface area contributed by atoms with Crippen molar-refractivity contribution in [2.45, 2.75) is 129 Å². The van der Waals surface area contributed by atoms with Gasteiger partial charge in [0.25, 0.3) is 0 Å². The predicted molar refractivity (Wildman–Crippen MR) is 126 cm³/mol. The van der Waals surface area contributed by atoms with Gasteiger partial charge in [-0.15, -0.1) is 0 Å². The minimum absolute atomic E-state index is 0. The van der Waals surface area contributed by atoms with Gasteiger partial charge in [-0.1, -0.05) is 104 Å². The molecule has 1 atom stereocenters. The van der Waals surface area contributed by atoms with E-state index in [1.165, 1.54) is 120 Å². The van der Waals surface area contributed by atoms with Crippen molar-refractivity contribution in [2.24, 2.45) is 0 Å². The van der Waals surface area contributed by atoms with Gasteiger partial charge in [-0.2, -0.15) is 0 Å². The number of halogens is 1. The van der Waals surface area contributed by atoms with Gasteiger partial charge in [-0.25, -0.2) is 0 Å². The zero-order chi connectivity index (χ0) is 20.2. The Bertz CT molecular complexity index is 302. The lowest BCUT2D eigenvalue weighted by Gasteiger charge is -2.37. The van der Waals surface area contributed by atoms with Gasteiger partial charge in [0.15, 0.2) is 0 Å². The summed E-state index contributed by atoms with van der Waals surface area (Å²) in [5.74, 6) is 0. The average Bonchev–Trinajstić information content (AvgIpc) is 2.63. The van der Waals surface area contributed by atoms with E-state index in [4.69, 9.17) is 4.43 Å². The topological polar surface area (TPSA) is 9.23 Å². The van der Waals surface area contributed by atoms with Crippen LogP contribution >= 0.6 is 0 Å². The van der Waals surface area contributed by atoms with Crippen LogP contribution in [-0.4, -0.2) is 47.7 Å². The molecule has 0 amide bonds. The largest absolute Gasteiger partial charge is 1.00 e. The number of hydrogen-bond donors (Lipinski definition) is 0. The van der Waals surface area contributed by atoms with Gasteiger partial charge in [0.2, 0.25) is 9.76 Å². The first-order valence-corrected chi connectivity index (χ1v) is 13.8. The maximum Gasteiger partial charge on any atom is 0.224 e. The predicted octanol–water partition coefficient (Wildman–Crippen LogP) is 3.79. The molecule has 0 aromatic rings. The third kappa shape index (κ3) is 18.5. The average molecular weight is 436 g/mol. The Labute approximate surface area is 187 Å². The molecule has 0 aromatic carbocycles. The molecule has 0 aromatic heterocycles. The molecular formula is C24H54ClNOSi. The molecule has 28 heavy (non-hydrogen) atoms. The monoisotopic (exact) mass is 435 g/mol. The van der Waals surface area contributed by atoms with Crippen molar-refractivity contribution in [1.82, 2.24) is 0 Å². The second kappa shape index (κ2) is 22.1. The summed E-state index contributed by atoms with van der Waals surface area (Å²) >= 11 is 0. The number of nitrogens with zero attached hydrogens (tertiary/aromatic N) is 1. The van der Waals surface area contributed by atoms with Gasteiger partial charge in [0.05, 0.1) is 26.3 Å². The second-order valence-electron chi connectivity index (χ2n) is 9.35. The van der Waals surface area contributed by atoms with E-state index in [1.807, 2.05) is 7.11 Å². The van der Waals surface area contributed by atoms with Crippen molar-refractivity contribution in [1.29, 1.82) is 0 Å². The Morgan fingerprint density at radius 1 is 0.643 bits per heavy atom. The molecule has 0 radical (unpaired) electrons. The lowest BCUT2D eigenvalue weighted by molar-refractivity contribution is -0.903. The van der Waals surface area contributed by atoms with Crippen molar-refractivity contribution in [3.8, 4) is 0 Å². The summed E-state index contributed by atoms with van der Waals surface area (Å²) in [6, 6.07) is 0. The highest BCUT2D eigenvalue weighted by Gasteiger charge is 2.27. The standard InChI is InChI=1S/C24H54NOSi.ClH/c1-6-8-9-10-11-12-13-14-15-16-17-18-19-20-21-22-24(27-26-5)25(3,4)23-7-2;/h24H,6-23,27H2,1-5H3;1H/q+1;/p-1. The molecule has 0 aliphatic rings. The van der Waals surface area contributed by atoms with E-state index < -0.39 is 0 Å². The van der Waals surface area contributed by atoms with Gasteiger partial charge in [0.1, 0.15) is 0 Å². The molecule has 2 nitrogen and oxygen atoms in total. The van der Waals surface area contributed by atoms with E-state index >= 15 is 0 Å². The van der Waals surface area contributed by atoms with Crippen LogP contribution in [0.25, 0.3) is 0 Å². The zero-order valence-electron chi connectivity index (χ0n) is 20.2. The number of quaternary nitrogens is 1. The first-order valence-electron chi connectivity index (χ1n) is 12.4. The Kier molecular flexibility index (Phi) is 24.2. The van der Waals surface area contributed by atoms with Crippen LogP contribution in [0.1, 0.15) is 123 Å². The zero-order valence-corrected chi connectivity index (χ0v) is 22.4. The van der Waals surface area contributed by atoms with Crippen molar-refractivity contribution < 1.29 is 21.3 Å². The van der Waals surface area contributed by atoms with Crippen LogP contribution in [0.4, 0.5) is 0 Å². The number of hydrogen-bond acceptors (Lipinski definition) is 1. The maximum absolute atomic E-state index is 5.63.